The third kappa shape index (κ3) is 3.69. The van der Waals surface area contributed by atoms with E-state index in [1.54, 1.807) is 24.4 Å². The minimum atomic E-state index is -0.307. The van der Waals surface area contributed by atoms with Crippen LogP contribution in [0.2, 0.25) is 0 Å². The molecule has 36 heavy (non-hydrogen) atoms. The molecule has 0 atom stereocenters. The standard InChI is InChI=1S/C30H19N3O3/c1-2-17-35-27-16-15-20-9-3-5-11-22(20)24(27)19-31-33-29(28-18-21-10-4-8-14-26(21)36-28)32-25-13-7-6-12-23(25)30(33)34/h1,3-16,18-19H,17H2. The summed E-state index contributed by atoms with van der Waals surface area (Å²) in [6.07, 6.45) is 7.03. The summed E-state index contributed by atoms with van der Waals surface area (Å²) in [4.78, 5) is 18.3. The average Bonchev–Trinajstić information content (AvgIpc) is 3.36. The zero-order valence-electron chi connectivity index (χ0n) is 19.1. The van der Waals surface area contributed by atoms with Gasteiger partial charge in [-0.05, 0) is 41.1 Å². The van der Waals surface area contributed by atoms with Gasteiger partial charge in [-0.25, -0.2) is 4.98 Å². The van der Waals surface area contributed by atoms with Crippen LogP contribution < -0.4 is 10.3 Å². The van der Waals surface area contributed by atoms with Gasteiger partial charge in [0.05, 0.1) is 17.1 Å². The third-order valence-electron chi connectivity index (χ3n) is 5.94. The molecule has 0 bridgehead atoms. The molecule has 0 aliphatic carbocycles. The Bertz CT molecular complexity index is 1860. The molecule has 2 aromatic heterocycles. The van der Waals surface area contributed by atoms with E-state index in [1.165, 1.54) is 4.68 Å². The number of fused-ring (bicyclic) bond motifs is 3. The monoisotopic (exact) mass is 469 g/mol. The molecule has 4 aromatic carbocycles. The summed E-state index contributed by atoms with van der Waals surface area (Å²) < 4.78 is 13.1. The number of nitrogens with zero attached hydrogens (tertiary/aromatic N) is 3. The summed E-state index contributed by atoms with van der Waals surface area (Å²) in [7, 11) is 0. The van der Waals surface area contributed by atoms with Crippen LogP contribution in [0.4, 0.5) is 0 Å². The SMILES string of the molecule is C#CCOc1ccc2ccccc2c1C=Nn1c(-c2cc3ccccc3o2)nc2ccccc2c1=O. The summed E-state index contributed by atoms with van der Waals surface area (Å²) in [6.45, 7) is 0.112. The maximum Gasteiger partial charge on any atom is 0.282 e. The highest BCUT2D eigenvalue weighted by atomic mass is 16.5. The first kappa shape index (κ1) is 21.4. The molecule has 0 fully saturated rings. The molecule has 0 aliphatic rings. The minimum absolute atomic E-state index is 0.112. The number of furan rings is 1. The largest absolute Gasteiger partial charge is 0.480 e. The molecule has 0 N–H and O–H groups in total. The van der Waals surface area contributed by atoms with Crippen LogP contribution in [0, 0.1) is 12.3 Å². The minimum Gasteiger partial charge on any atom is -0.480 e. The third-order valence-corrected chi connectivity index (χ3v) is 5.94. The van der Waals surface area contributed by atoms with Crippen LogP contribution in [0.25, 0.3) is 44.2 Å². The van der Waals surface area contributed by atoms with Crippen molar-refractivity contribution in [1.82, 2.24) is 9.66 Å². The van der Waals surface area contributed by atoms with Crippen molar-refractivity contribution >= 4 is 38.9 Å². The van der Waals surface area contributed by atoms with Crippen molar-refractivity contribution in [3.8, 4) is 29.7 Å². The molecule has 0 radical (unpaired) electrons. The Kier molecular flexibility index (Phi) is 5.28. The second-order valence-electron chi connectivity index (χ2n) is 8.15. The van der Waals surface area contributed by atoms with Gasteiger partial charge < -0.3 is 9.15 Å². The number of ether oxygens (including phenoxy) is 1. The second kappa shape index (κ2) is 8.90. The number of hydrogen-bond acceptors (Lipinski definition) is 5. The van der Waals surface area contributed by atoms with Crippen molar-refractivity contribution in [2.45, 2.75) is 0 Å². The van der Waals surface area contributed by atoms with E-state index in [2.05, 4.69) is 11.0 Å². The molecule has 0 saturated heterocycles. The summed E-state index contributed by atoms with van der Waals surface area (Å²) in [5, 5.41) is 7.91. The fourth-order valence-electron chi connectivity index (χ4n) is 4.25. The van der Waals surface area contributed by atoms with Gasteiger partial charge >= 0.3 is 0 Å². The van der Waals surface area contributed by atoms with Gasteiger partial charge in [0.25, 0.3) is 5.56 Å². The van der Waals surface area contributed by atoms with E-state index < -0.39 is 0 Å². The Morgan fingerprint density at radius 3 is 2.53 bits per heavy atom. The van der Waals surface area contributed by atoms with Gasteiger partial charge in [0.1, 0.15) is 17.9 Å². The Balaban J connectivity index is 1.59. The van der Waals surface area contributed by atoms with Crippen LogP contribution >= 0.6 is 0 Å². The van der Waals surface area contributed by atoms with Crippen LogP contribution in [-0.2, 0) is 0 Å². The Morgan fingerprint density at radius 2 is 1.69 bits per heavy atom. The molecule has 6 rings (SSSR count). The lowest BCUT2D eigenvalue weighted by Gasteiger charge is -2.11. The van der Waals surface area contributed by atoms with E-state index in [0.29, 0.717) is 39.4 Å². The maximum atomic E-state index is 13.6. The lowest BCUT2D eigenvalue weighted by atomic mass is 10.0. The lowest BCUT2D eigenvalue weighted by Crippen LogP contribution is -2.20. The fraction of sp³-hybridized carbons (Fsp3) is 0.0333. The average molecular weight is 470 g/mol. The summed E-state index contributed by atoms with van der Waals surface area (Å²) in [6, 6.07) is 28.4. The molecule has 6 nitrogen and oxygen atoms in total. The molecule has 6 heteroatoms. The normalized spacial score (nSPS) is 11.4. The molecule has 0 aliphatic heterocycles. The number of hydrogen-bond donors (Lipinski definition) is 0. The van der Waals surface area contributed by atoms with Crippen molar-refractivity contribution in [2.75, 3.05) is 6.61 Å². The molecule has 0 spiro atoms. The van der Waals surface area contributed by atoms with E-state index in [-0.39, 0.29) is 12.2 Å². The van der Waals surface area contributed by atoms with Crippen molar-refractivity contribution in [2.24, 2.45) is 5.10 Å². The second-order valence-corrected chi connectivity index (χ2v) is 8.15. The zero-order valence-corrected chi connectivity index (χ0v) is 19.1. The quantitative estimate of drug-likeness (QED) is 0.234. The Labute approximate surface area is 206 Å². The van der Waals surface area contributed by atoms with E-state index in [9.17, 15) is 4.79 Å². The van der Waals surface area contributed by atoms with Crippen LogP contribution in [0.15, 0.2) is 105 Å². The highest BCUT2D eigenvalue weighted by molar-refractivity contribution is 6.02. The van der Waals surface area contributed by atoms with Gasteiger partial charge in [0.15, 0.2) is 5.76 Å². The highest BCUT2D eigenvalue weighted by Gasteiger charge is 2.17. The van der Waals surface area contributed by atoms with E-state index in [0.717, 1.165) is 16.2 Å². The van der Waals surface area contributed by atoms with Crippen LogP contribution in [0.3, 0.4) is 0 Å². The van der Waals surface area contributed by atoms with Crippen molar-refractivity contribution in [1.29, 1.82) is 0 Å². The molecule has 0 unspecified atom stereocenters. The molecule has 0 amide bonds. The first-order valence-corrected chi connectivity index (χ1v) is 11.4. The lowest BCUT2D eigenvalue weighted by molar-refractivity contribution is 0.370. The Hall–Kier alpha value is -5.15. The van der Waals surface area contributed by atoms with E-state index in [1.807, 2.05) is 72.8 Å². The topological polar surface area (TPSA) is 69.6 Å². The number of terminal acetylenes is 1. The number of aromatic nitrogens is 2. The molecular formula is C30H19N3O3. The highest BCUT2D eigenvalue weighted by Crippen LogP contribution is 2.29. The van der Waals surface area contributed by atoms with E-state index in [4.69, 9.17) is 20.6 Å². The summed E-state index contributed by atoms with van der Waals surface area (Å²) in [5.74, 6) is 3.81. The van der Waals surface area contributed by atoms with Crippen LogP contribution in [-0.4, -0.2) is 22.5 Å². The molecule has 0 saturated carbocycles. The first-order chi connectivity index (χ1) is 17.7. The van der Waals surface area contributed by atoms with Gasteiger partial charge in [-0.15, -0.1) is 6.42 Å². The summed E-state index contributed by atoms with van der Waals surface area (Å²) >= 11 is 0. The van der Waals surface area contributed by atoms with E-state index >= 15 is 0 Å². The summed E-state index contributed by atoms with van der Waals surface area (Å²) in [5.41, 5.74) is 1.66. The van der Waals surface area contributed by atoms with Crippen LogP contribution in [0.5, 0.6) is 5.75 Å². The van der Waals surface area contributed by atoms with Gasteiger partial charge in [-0.1, -0.05) is 66.6 Å². The number of rotatable bonds is 5. The predicted octanol–water partition coefficient (Wildman–Crippen LogP) is 5.86. The number of para-hydroxylation sites is 2. The predicted molar refractivity (Wildman–Crippen MR) is 142 cm³/mol. The van der Waals surface area contributed by atoms with Crippen molar-refractivity contribution < 1.29 is 9.15 Å². The van der Waals surface area contributed by atoms with Gasteiger partial charge in [-0.3, -0.25) is 4.79 Å². The number of benzene rings is 4. The zero-order chi connectivity index (χ0) is 24.5. The molecular weight excluding hydrogens is 450 g/mol. The molecule has 2 heterocycles. The Morgan fingerprint density at radius 1 is 0.944 bits per heavy atom. The fourth-order valence-corrected chi connectivity index (χ4v) is 4.25. The smallest absolute Gasteiger partial charge is 0.282 e. The first-order valence-electron chi connectivity index (χ1n) is 11.4. The maximum absolute atomic E-state index is 13.6. The van der Waals surface area contributed by atoms with Gasteiger partial charge in [0.2, 0.25) is 5.82 Å². The van der Waals surface area contributed by atoms with Gasteiger partial charge in [0, 0.05) is 10.9 Å². The van der Waals surface area contributed by atoms with Crippen LogP contribution in [0.1, 0.15) is 5.56 Å². The van der Waals surface area contributed by atoms with Crippen molar-refractivity contribution in [3.63, 3.8) is 0 Å². The molecule has 172 valence electrons. The van der Waals surface area contributed by atoms with Gasteiger partial charge in [-0.2, -0.15) is 9.78 Å². The molecule has 6 aromatic rings. The van der Waals surface area contributed by atoms with Crippen molar-refractivity contribution in [3.05, 3.63) is 107 Å².